The molecule has 3 rings (SSSR count). The Bertz CT molecular complexity index is 2500. The van der Waals surface area contributed by atoms with Crippen LogP contribution in [0, 0.1) is 22.7 Å². The topological polar surface area (TPSA) is 289 Å². The van der Waals surface area contributed by atoms with Gasteiger partial charge in [-0.2, -0.15) is 23.2 Å². The zero-order valence-electron chi connectivity index (χ0n) is 30.4. The lowest BCUT2D eigenvalue weighted by atomic mass is 10.1. The highest BCUT2D eigenvalue weighted by molar-refractivity contribution is 7.96. The first-order valence-electron chi connectivity index (χ1n) is 16.5. The minimum absolute atomic E-state index is 0.112. The first kappa shape index (κ1) is 49.6. The van der Waals surface area contributed by atoms with Gasteiger partial charge in [0.2, 0.25) is 15.7 Å². The molecule has 21 heteroatoms. The molecule has 0 fully saturated rings. The zero-order valence-corrected chi connectivity index (χ0v) is 34.6. The van der Waals surface area contributed by atoms with Gasteiger partial charge in [-0.3, -0.25) is 14.2 Å². The fourth-order valence-electron chi connectivity index (χ4n) is 4.30. The van der Waals surface area contributed by atoms with Crippen molar-refractivity contribution < 1.29 is 48.4 Å². The molecule has 1 amide bonds. The molecule has 0 heterocycles. The van der Waals surface area contributed by atoms with E-state index < -0.39 is 51.6 Å². The van der Waals surface area contributed by atoms with Crippen molar-refractivity contribution in [2.24, 2.45) is 5.73 Å². The lowest BCUT2D eigenvalue weighted by molar-refractivity contribution is -0.131. The van der Waals surface area contributed by atoms with Gasteiger partial charge in [0.05, 0.1) is 38.4 Å². The summed E-state index contributed by atoms with van der Waals surface area (Å²) in [6.45, 7) is 2.25. The molecule has 57 heavy (non-hydrogen) atoms. The van der Waals surface area contributed by atoms with Gasteiger partial charge in [0.25, 0.3) is 20.0 Å². The van der Waals surface area contributed by atoms with Crippen molar-refractivity contribution in [3.63, 3.8) is 0 Å². The van der Waals surface area contributed by atoms with Gasteiger partial charge in [-0.25, -0.2) is 38.5 Å². The number of allylic oxidation sites excluding steroid dienone is 2. The highest BCUT2D eigenvalue weighted by Gasteiger charge is 2.18. The molecule has 0 aliphatic rings. The molecule has 0 aromatic heterocycles. The van der Waals surface area contributed by atoms with E-state index in [1.165, 1.54) is 81.0 Å². The van der Waals surface area contributed by atoms with Gasteiger partial charge in [0, 0.05) is 51.6 Å². The number of aliphatic carboxylic acids is 1. The van der Waals surface area contributed by atoms with Crippen molar-refractivity contribution in [3.8, 4) is 12.1 Å². The van der Waals surface area contributed by atoms with E-state index in [1.54, 1.807) is 18.2 Å². The Morgan fingerprint density at radius 3 is 1.75 bits per heavy atom. The molecule has 3 aromatic carbocycles. The van der Waals surface area contributed by atoms with Gasteiger partial charge in [-0.05, 0) is 48.6 Å². The van der Waals surface area contributed by atoms with Crippen LogP contribution in [0.4, 0.5) is 11.4 Å². The van der Waals surface area contributed by atoms with Crippen LogP contribution in [0.1, 0.15) is 45.4 Å². The average Bonchev–Trinajstić information content (AvgIpc) is 3.15. The number of benzene rings is 3. The summed E-state index contributed by atoms with van der Waals surface area (Å²) in [5.41, 5.74) is 5.04. The molecule has 0 aliphatic heterocycles. The van der Waals surface area contributed by atoms with Crippen molar-refractivity contribution in [2.75, 3.05) is 15.2 Å². The summed E-state index contributed by atoms with van der Waals surface area (Å²) in [5, 5.41) is 28.4. The van der Waals surface area contributed by atoms with Crippen LogP contribution in [0.5, 0.6) is 0 Å². The fraction of sp³-hybridized carbons (Fsp3) is 0.222. The number of amides is 1. The van der Waals surface area contributed by atoms with E-state index in [0.717, 1.165) is 30.0 Å². The van der Waals surface area contributed by atoms with Gasteiger partial charge in [-0.15, -0.1) is 0 Å². The first-order valence-corrected chi connectivity index (χ1v) is 23.3. The number of sulfonamides is 2. The SMILES string of the molecule is CCCCCCCCS.N#CC=CS(=O)(=O)Nc1ccc(S(=O)(=O)C=CC(=O)O)c2ccccc12.N#CC=CS(=O)(=O)Nc1ccc(S(=O)(=O)C=CC(N)=O)cc1. The summed E-state index contributed by atoms with van der Waals surface area (Å²) in [5.74, 6) is -1.25. The second kappa shape index (κ2) is 24.2. The minimum Gasteiger partial charge on any atom is -0.478 e. The number of nitrogens with zero attached hydrogens (tertiary/aromatic N) is 2. The van der Waals surface area contributed by atoms with Gasteiger partial charge in [-0.1, -0.05) is 63.3 Å². The molecular formula is C36H41N5O11S5. The molecule has 16 nitrogen and oxygen atoms in total. The lowest BCUT2D eigenvalue weighted by Crippen LogP contribution is -2.10. The van der Waals surface area contributed by atoms with E-state index in [2.05, 4.69) is 29.0 Å². The van der Waals surface area contributed by atoms with E-state index in [9.17, 15) is 43.3 Å². The molecule has 5 N–H and O–H groups in total. The molecule has 0 spiro atoms. The number of thiol groups is 1. The Labute approximate surface area is 338 Å². The molecule has 0 unspecified atom stereocenters. The summed E-state index contributed by atoms with van der Waals surface area (Å²) in [6.07, 6.45) is 11.1. The third kappa shape index (κ3) is 19.3. The number of anilines is 2. The van der Waals surface area contributed by atoms with Crippen molar-refractivity contribution >= 4 is 86.4 Å². The summed E-state index contributed by atoms with van der Waals surface area (Å²) < 4.78 is 99.5. The summed E-state index contributed by atoms with van der Waals surface area (Å²) in [7, 11) is -15.7. The number of hydrogen-bond acceptors (Lipinski definition) is 13. The van der Waals surface area contributed by atoms with Gasteiger partial charge < -0.3 is 10.8 Å². The molecule has 3 aromatic rings. The van der Waals surface area contributed by atoms with Crippen LogP contribution >= 0.6 is 12.6 Å². The van der Waals surface area contributed by atoms with E-state index in [-0.39, 0.29) is 26.6 Å². The number of carbonyl (C=O) groups is 2. The van der Waals surface area contributed by atoms with Crippen LogP contribution in [-0.4, -0.2) is 56.4 Å². The molecule has 0 radical (unpaired) electrons. The Morgan fingerprint density at radius 2 is 1.23 bits per heavy atom. The maximum atomic E-state index is 12.4. The van der Waals surface area contributed by atoms with E-state index in [4.69, 9.17) is 21.4 Å². The fourth-order valence-corrected chi connectivity index (χ4v) is 8.25. The van der Waals surface area contributed by atoms with Crippen molar-refractivity contribution in [2.45, 2.75) is 55.2 Å². The number of carboxylic acids is 1. The maximum Gasteiger partial charge on any atom is 0.329 e. The normalized spacial score (nSPS) is 12.0. The number of sulfone groups is 2. The van der Waals surface area contributed by atoms with E-state index >= 15 is 0 Å². The Kier molecular flexibility index (Phi) is 21.1. The predicted octanol–water partition coefficient (Wildman–Crippen LogP) is 5.51. The predicted molar refractivity (Wildman–Crippen MR) is 222 cm³/mol. The second-order valence-corrected chi connectivity index (χ2v) is 18.5. The average molecular weight is 880 g/mol. The Hall–Kier alpha value is -5.45. The third-order valence-electron chi connectivity index (χ3n) is 6.84. The number of carboxylic acid groups (broad SMARTS) is 1. The van der Waals surface area contributed by atoms with Crippen LogP contribution in [-0.2, 0) is 49.3 Å². The molecule has 0 saturated heterocycles. The number of unbranched alkanes of at least 4 members (excludes halogenated alkanes) is 5. The summed E-state index contributed by atoms with van der Waals surface area (Å²) >= 11 is 4.15. The van der Waals surface area contributed by atoms with Gasteiger partial charge in [0.1, 0.15) is 0 Å². The minimum atomic E-state index is -4.05. The van der Waals surface area contributed by atoms with Gasteiger partial charge >= 0.3 is 5.97 Å². The van der Waals surface area contributed by atoms with Crippen LogP contribution in [0.3, 0.4) is 0 Å². The summed E-state index contributed by atoms with van der Waals surface area (Å²) in [6, 6.07) is 16.4. The number of hydrogen-bond donors (Lipinski definition) is 5. The maximum absolute atomic E-state index is 12.4. The Balaban J connectivity index is 0.000000475. The largest absolute Gasteiger partial charge is 0.478 e. The van der Waals surface area contributed by atoms with Gasteiger partial charge in [0.15, 0.2) is 9.84 Å². The van der Waals surface area contributed by atoms with E-state index in [1.807, 2.05) is 0 Å². The van der Waals surface area contributed by atoms with Crippen molar-refractivity contribution in [1.82, 2.24) is 0 Å². The quantitative estimate of drug-likeness (QED) is 0.0457. The molecule has 0 aliphatic carbocycles. The highest BCUT2D eigenvalue weighted by Crippen LogP contribution is 2.31. The van der Waals surface area contributed by atoms with Crippen molar-refractivity contribution in [3.05, 3.63) is 107 Å². The molecule has 0 bridgehead atoms. The first-order chi connectivity index (χ1) is 26.7. The van der Waals surface area contributed by atoms with Crippen LogP contribution in [0.15, 0.2) is 116 Å². The Morgan fingerprint density at radius 1 is 0.702 bits per heavy atom. The van der Waals surface area contributed by atoms with Crippen LogP contribution in [0.2, 0.25) is 0 Å². The number of rotatable bonds is 18. The number of fused-ring (bicyclic) bond motifs is 1. The number of nitrogens with one attached hydrogen (secondary N) is 2. The standard InChI is InChI=1S/C16H12N2O6S2.C12H11N3O5S2.C8H18S/c17-9-3-10-26(23,24)18-14-6-7-15(13-5-2-1-4-12(13)14)25(21,22)11-8-16(19)20;13-7-1-8-22(19,20)15-10-2-4-11(5-3-10)21(17,18)9-6-12(14)16;1-2-3-4-5-6-7-8-9/h1-8,10-11,18H,(H,19,20);1-6,8-9,15H,(H2,14,16);9H,2-8H2,1H3. The highest BCUT2D eigenvalue weighted by atomic mass is 32.2. The second-order valence-electron chi connectivity index (χ2n) is 11.3. The number of nitrogens with two attached hydrogens (primary N) is 1. The zero-order chi connectivity index (χ0) is 43.1. The molecule has 306 valence electrons. The lowest BCUT2D eigenvalue weighted by Gasteiger charge is -2.11. The molecule has 0 atom stereocenters. The molecular weight excluding hydrogens is 839 g/mol. The monoisotopic (exact) mass is 879 g/mol. The van der Waals surface area contributed by atoms with Crippen molar-refractivity contribution in [1.29, 1.82) is 10.5 Å². The van der Waals surface area contributed by atoms with Crippen LogP contribution in [0.25, 0.3) is 10.8 Å². The number of carbonyl (C=O) groups excluding carboxylic acids is 1. The number of primary amides is 1. The summed E-state index contributed by atoms with van der Waals surface area (Å²) in [4.78, 5) is 20.8. The van der Waals surface area contributed by atoms with E-state index in [0.29, 0.717) is 39.2 Å². The molecule has 0 saturated carbocycles. The number of nitriles is 2. The third-order valence-corrected chi connectivity index (χ3v) is 12.1. The van der Waals surface area contributed by atoms with Crippen LogP contribution < -0.4 is 15.2 Å². The smallest absolute Gasteiger partial charge is 0.329 e.